The van der Waals surface area contributed by atoms with E-state index in [1.807, 2.05) is 27.7 Å². The molecule has 41 heavy (non-hydrogen) atoms. The number of esters is 1. The molecule has 0 amide bonds. The normalized spacial score (nSPS) is 14.1. The van der Waals surface area contributed by atoms with Crippen LogP contribution in [0.25, 0.3) is 0 Å². The molecule has 1 rings (SSSR count). The summed E-state index contributed by atoms with van der Waals surface area (Å²) >= 11 is 0. The molecule has 0 saturated heterocycles. The van der Waals surface area contributed by atoms with Crippen LogP contribution in [0.15, 0.2) is 18.2 Å². The zero-order valence-electron chi connectivity index (χ0n) is 25.4. The molecule has 0 fully saturated rings. The molecular weight excluding hydrogens is 538 g/mol. The molecule has 12 nitrogen and oxygen atoms in total. The van der Waals surface area contributed by atoms with E-state index in [1.54, 1.807) is 33.8 Å². The second-order valence-corrected chi connectivity index (χ2v) is 11.0. The van der Waals surface area contributed by atoms with Crippen molar-refractivity contribution in [3.63, 3.8) is 0 Å². The topological polar surface area (TPSA) is 159 Å². The second kappa shape index (κ2) is 17.3. The van der Waals surface area contributed by atoms with Crippen LogP contribution in [0.3, 0.4) is 0 Å². The molecule has 0 aromatic heterocycles. The fourth-order valence-electron chi connectivity index (χ4n) is 2.85. The molecule has 232 valence electrons. The SMILES string of the molecule is CCC(C)COC(=O)Oc1ccc(C[C@H](N)C(=O)OC[C@H](C)OC(=O)OC(C)(C)C)cc1OC(=O)OCC(C)CC. The number of hydrogen-bond acceptors (Lipinski definition) is 12. The summed E-state index contributed by atoms with van der Waals surface area (Å²) in [6, 6.07) is 3.26. The predicted octanol–water partition coefficient (Wildman–Crippen LogP) is 5.56. The van der Waals surface area contributed by atoms with Gasteiger partial charge in [0.15, 0.2) is 11.5 Å². The van der Waals surface area contributed by atoms with Crippen LogP contribution in [0.2, 0.25) is 0 Å². The number of carbonyl (C=O) groups excluding carboxylic acids is 4. The van der Waals surface area contributed by atoms with E-state index >= 15 is 0 Å². The van der Waals surface area contributed by atoms with Crippen LogP contribution in [-0.2, 0) is 34.9 Å². The summed E-state index contributed by atoms with van der Waals surface area (Å²) in [4.78, 5) is 48.7. The lowest BCUT2D eigenvalue weighted by Gasteiger charge is -2.21. The molecule has 4 atom stereocenters. The molecule has 2 N–H and O–H groups in total. The summed E-state index contributed by atoms with van der Waals surface area (Å²) in [6.07, 6.45) is -1.97. The molecule has 0 aliphatic heterocycles. The highest BCUT2D eigenvalue weighted by Crippen LogP contribution is 2.30. The summed E-state index contributed by atoms with van der Waals surface area (Å²) < 4.78 is 36.1. The van der Waals surface area contributed by atoms with E-state index in [0.29, 0.717) is 5.56 Å². The lowest BCUT2D eigenvalue weighted by Crippen LogP contribution is -2.36. The Morgan fingerprint density at radius 1 is 0.780 bits per heavy atom. The van der Waals surface area contributed by atoms with E-state index in [1.165, 1.54) is 12.1 Å². The summed E-state index contributed by atoms with van der Waals surface area (Å²) in [5.41, 5.74) is 5.78. The maximum Gasteiger partial charge on any atom is 0.513 e. The van der Waals surface area contributed by atoms with Gasteiger partial charge in [-0.2, -0.15) is 0 Å². The van der Waals surface area contributed by atoms with Gasteiger partial charge in [-0.3, -0.25) is 4.79 Å². The summed E-state index contributed by atoms with van der Waals surface area (Å²) in [5.74, 6) is -0.663. The molecule has 1 aromatic rings. The molecule has 0 spiro atoms. The first-order valence-electron chi connectivity index (χ1n) is 13.8. The van der Waals surface area contributed by atoms with Crippen LogP contribution < -0.4 is 15.2 Å². The van der Waals surface area contributed by atoms with E-state index in [2.05, 4.69) is 0 Å². The Morgan fingerprint density at radius 2 is 1.32 bits per heavy atom. The Labute approximate surface area is 242 Å². The van der Waals surface area contributed by atoms with Crippen LogP contribution in [-0.4, -0.2) is 62.0 Å². The number of hydrogen-bond donors (Lipinski definition) is 1. The molecule has 0 aliphatic carbocycles. The molecule has 0 heterocycles. The molecule has 12 heteroatoms. The monoisotopic (exact) mass is 583 g/mol. The predicted molar refractivity (Wildman–Crippen MR) is 149 cm³/mol. The van der Waals surface area contributed by atoms with Crippen molar-refractivity contribution in [1.82, 2.24) is 0 Å². The van der Waals surface area contributed by atoms with Gasteiger partial charge in [0.05, 0.1) is 13.2 Å². The number of nitrogens with two attached hydrogens (primary N) is 1. The zero-order chi connectivity index (χ0) is 31.2. The lowest BCUT2D eigenvalue weighted by molar-refractivity contribution is -0.148. The maximum absolute atomic E-state index is 12.5. The van der Waals surface area contributed by atoms with Crippen molar-refractivity contribution in [2.24, 2.45) is 17.6 Å². The summed E-state index contributed by atoms with van der Waals surface area (Å²) in [5, 5.41) is 0. The molecular formula is C29H45NO11. The van der Waals surface area contributed by atoms with Crippen molar-refractivity contribution in [2.45, 2.75) is 92.4 Å². The van der Waals surface area contributed by atoms with Crippen LogP contribution in [0, 0.1) is 11.8 Å². The molecule has 0 bridgehead atoms. The fourth-order valence-corrected chi connectivity index (χ4v) is 2.85. The van der Waals surface area contributed by atoms with Gasteiger partial charge in [-0.05, 0) is 63.6 Å². The van der Waals surface area contributed by atoms with Crippen molar-refractivity contribution in [3.05, 3.63) is 23.8 Å². The third-order valence-corrected chi connectivity index (χ3v) is 5.67. The van der Waals surface area contributed by atoms with E-state index in [0.717, 1.165) is 12.8 Å². The first-order chi connectivity index (χ1) is 19.1. The minimum atomic E-state index is -1.10. The zero-order valence-corrected chi connectivity index (χ0v) is 25.4. The van der Waals surface area contributed by atoms with Gasteiger partial charge in [0.1, 0.15) is 24.4 Å². The van der Waals surface area contributed by atoms with Gasteiger partial charge in [-0.1, -0.05) is 46.6 Å². The third kappa shape index (κ3) is 15.1. The maximum atomic E-state index is 12.5. The number of benzene rings is 1. The Balaban J connectivity index is 2.87. The third-order valence-electron chi connectivity index (χ3n) is 5.67. The smallest absolute Gasteiger partial charge is 0.461 e. The van der Waals surface area contributed by atoms with Crippen LogP contribution >= 0.6 is 0 Å². The van der Waals surface area contributed by atoms with Crippen molar-refractivity contribution in [1.29, 1.82) is 0 Å². The minimum absolute atomic E-state index is 0.00282. The molecule has 0 aliphatic rings. The average Bonchev–Trinajstić information content (AvgIpc) is 2.89. The Hall–Kier alpha value is -3.54. The highest BCUT2D eigenvalue weighted by molar-refractivity contribution is 5.76. The van der Waals surface area contributed by atoms with Crippen LogP contribution in [0.1, 0.15) is 73.8 Å². The molecule has 2 unspecified atom stereocenters. The Morgan fingerprint density at radius 3 is 1.83 bits per heavy atom. The highest BCUT2D eigenvalue weighted by Gasteiger charge is 2.23. The van der Waals surface area contributed by atoms with Gasteiger partial charge in [-0.15, -0.1) is 0 Å². The number of ether oxygens (including phenoxy) is 7. The van der Waals surface area contributed by atoms with Gasteiger partial charge in [0.25, 0.3) is 0 Å². The average molecular weight is 584 g/mol. The Bertz CT molecular complexity index is 1000. The van der Waals surface area contributed by atoms with Crippen LogP contribution in [0.5, 0.6) is 11.5 Å². The van der Waals surface area contributed by atoms with Crippen molar-refractivity contribution in [2.75, 3.05) is 19.8 Å². The first-order valence-corrected chi connectivity index (χ1v) is 13.8. The second-order valence-electron chi connectivity index (χ2n) is 11.0. The van der Waals surface area contributed by atoms with Gasteiger partial charge < -0.3 is 38.9 Å². The molecule has 0 saturated carbocycles. The van der Waals surface area contributed by atoms with E-state index in [4.69, 9.17) is 38.9 Å². The van der Waals surface area contributed by atoms with Crippen molar-refractivity contribution in [3.8, 4) is 11.5 Å². The largest absolute Gasteiger partial charge is 0.513 e. The fraction of sp³-hybridized carbons (Fsp3) is 0.655. The van der Waals surface area contributed by atoms with Crippen molar-refractivity contribution < 1.29 is 52.3 Å². The van der Waals surface area contributed by atoms with E-state index in [-0.39, 0.29) is 49.6 Å². The van der Waals surface area contributed by atoms with Gasteiger partial charge in [-0.25, -0.2) is 14.4 Å². The summed E-state index contributed by atoms with van der Waals surface area (Å²) in [6.45, 7) is 14.5. The summed E-state index contributed by atoms with van der Waals surface area (Å²) in [7, 11) is 0. The standard InChI is InChI=1S/C29H45NO11/c1-9-18(3)15-36-26(32)39-23-12-11-21(14-24(23)40-27(33)37-16-19(4)10-2)13-22(30)25(31)35-17-20(5)38-28(34)41-29(6,7)8/h11-12,14,18-20,22H,9-10,13,15-17,30H2,1-8H3/t18?,19?,20-,22-/m0/s1. The number of rotatable bonds is 14. The van der Waals surface area contributed by atoms with Gasteiger partial charge >= 0.3 is 24.4 Å². The van der Waals surface area contributed by atoms with Crippen LogP contribution in [0.4, 0.5) is 14.4 Å². The Kier molecular flexibility index (Phi) is 15.0. The molecule has 1 aromatic carbocycles. The van der Waals surface area contributed by atoms with Crippen molar-refractivity contribution >= 4 is 24.4 Å². The number of carbonyl (C=O) groups is 4. The van der Waals surface area contributed by atoms with E-state index in [9.17, 15) is 19.2 Å². The first kappa shape index (κ1) is 35.5. The molecule has 0 radical (unpaired) electrons. The lowest BCUT2D eigenvalue weighted by atomic mass is 10.1. The van der Waals surface area contributed by atoms with E-state index < -0.39 is 42.2 Å². The quantitative estimate of drug-likeness (QED) is 0.165. The van der Waals surface area contributed by atoms with Gasteiger partial charge in [0, 0.05) is 0 Å². The highest BCUT2D eigenvalue weighted by atomic mass is 16.8. The minimum Gasteiger partial charge on any atom is -0.461 e. The van der Waals surface area contributed by atoms with Gasteiger partial charge in [0.2, 0.25) is 0 Å².